The molecule has 5 rings (SSSR count). The Labute approximate surface area is 188 Å². The summed E-state index contributed by atoms with van der Waals surface area (Å²) in [6.45, 7) is 3.97. The van der Waals surface area contributed by atoms with Gasteiger partial charge < -0.3 is 9.84 Å². The number of benzene rings is 3. The van der Waals surface area contributed by atoms with Crippen LogP contribution in [-0.4, -0.2) is 42.0 Å². The smallest absolute Gasteiger partial charge is 0.189 e. The highest BCUT2D eigenvalue weighted by Gasteiger charge is 2.28. The number of allylic oxidation sites excluding steroid dienone is 1. The van der Waals surface area contributed by atoms with Crippen molar-refractivity contribution < 1.29 is 14.6 Å². The molecule has 4 nitrogen and oxygen atoms in total. The lowest BCUT2D eigenvalue weighted by molar-refractivity contribution is 0.103. The Balaban J connectivity index is 1.42. The van der Waals surface area contributed by atoms with Gasteiger partial charge in [0.25, 0.3) is 0 Å². The quantitative estimate of drug-likeness (QED) is 0.535. The second-order valence-corrected chi connectivity index (χ2v) is 8.49. The van der Waals surface area contributed by atoms with Gasteiger partial charge in [-0.05, 0) is 72.5 Å². The first-order chi connectivity index (χ1) is 15.7. The molecule has 32 heavy (non-hydrogen) atoms. The highest BCUT2D eigenvalue weighted by molar-refractivity contribution is 6.16. The van der Waals surface area contributed by atoms with E-state index in [1.807, 2.05) is 60.7 Å². The average molecular weight is 426 g/mol. The zero-order valence-corrected chi connectivity index (χ0v) is 18.1. The lowest BCUT2D eigenvalue weighted by Gasteiger charge is -2.15. The third-order valence-corrected chi connectivity index (χ3v) is 6.36. The summed E-state index contributed by atoms with van der Waals surface area (Å²) >= 11 is 0. The largest absolute Gasteiger partial charge is 0.508 e. The fraction of sp³-hybridized carbons (Fsp3) is 0.250. The van der Waals surface area contributed by atoms with Gasteiger partial charge in [-0.3, -0.25) is 9.69 Å². The molecule has 2 aliphatic rings. The van der Waals surface area contributed by atoms with Crippen LogP contribution < -0.4 is 4.74 Å². The molecule has 3 aromatic carbocycles. The predicted octanol–water partition coefficient (Wildman–Crippen LogP) is 5.11. The Morgan fingerprint density at radius 1 is 0.938 bits per heavy atom. The van der Waals surface area contributed by atoms with E-state index in [4.69, 9.17) is 4.74 Å². The minimum Gasteiger partial charge on any atom is -0.508 e. The first-order valence-corrected chi connectivity index (χ1v) is 11.3. The first-order valence-electron chi connectivity index (χ1n) is 11.3. The van der Waals surface area contributed by atoms with E-state index in [1.54, 1.807) is 12.1 Å². The van der Waals surface area contributed by atoms with Crippen LogP contribution in [-0.2, 0) is 6.42 Å². The Morgan fingerprint density at radius 3 is 2.44 bits per heavy atom. The summed E-state index contributed by atoms with van der Waals surface area (Å²) in [4.78, 5) is 15.8. The molecular formula is C28H27NO3. The molecule has 1 saturated heterocycles. The summed E-state index contributed by atoms with van der Waals surface area (Å²) in [5.74, 6) is 1.07. The van der Waals surface area contributed by atoms with Crippen LogP contribution in [0.4, 0.5) is 0 Å². The van der Waals surface area contributed by atoms with E-state index in [1.165, 1.54) is 25.9 Å². The highest BCUT2D eigenvalue weighted by Crippen LogP contribution is 2.40. The Hall–Kier alpha value is -3.37. The second kappa shape index (κ2) is 9.01. The number of likely N-dealkylation sites (tertiary alicyclic amines) is 1. The van der Waals surface area contributed by atoms with Gasteiger partial charge in [-0.25, -0.2) is 0 Å². The molecule has 0 unspecified atom stereocenters. The number of nitrogens with zero attached hydrogens (tertiary/aromatic N) is 1. The van der Waals surface area contributed by atoms with Crippen molar-refractivity contribution >= 4 is 11.4 Å². The molecule has 0 saturated carbocycles. The van der Waals surface area contributed by atoms with Gasteiger partial charge in [-0.15, -0.1) is 0 Å². The molecule has 1 heterocycles. The predicted molar refractivity (Wildman–Crippen MR) is 126 cm³/mol. The van der Waals surface area contributed by atoms with E-state index in [0.29, 0.717) is 18.6 Å². The van der Waals surface area contributed by atoms with Crippen LogP contribution in [0.3, 0.4) is 0 Å². The highest BCUT2D eigenvalue weighted by atomic mass is 16.5. The van der Waals surface area contributed by atoms with Crippen molar-refractivity contribution in [3.05, 3.63) is 101 Å². The SMILES string of the molecule is O=C(C1=C(c2ccc(OCCN3CCCC3)cc2)c2cc(O)ccc2C1)c1ccccc1. The van der Waals surface area contributed by atoms with Crippen LogP contribution in [0.15, 0.2) is 78.4 Å². The molecule has 0 aromatic heterocycles. The molecule has 0 bridgehead atoms. The maximum absolute atomic E-state index is 13.4. The molecule has 1 aliphatic heterocycles. The van der Waals surface area contributed by atoms with Crippen LogP contribution in [0, 0.1) is 0 Å². The average Bonchev–Trinajstić information content (AvgIpc) is 3.47. The molecule has 1 aliphatic carbocycles. The Bertz CT molecular complexity index is 1140. The van der Waals surface area contributed by atoms with Crippen LogP contribution in [0.2, 0.25) is 0 Å². The number of carbonyl (C=O) groups is 1. The minimum absolute atomic E-state index is 0.0298. The maximum Gasteiger partial charge on any atom is 0.189 e. The van der Waals surface area contributed by atoms with Crippen molar-refractivity contribution in [1.82, 2.24) is 4.90 Å². The number of ketones is 1. The van der Waals surface area contributed by atoms with E-state index in [-0.39, 0.29) is 11.5 Å². The molecular weight excluding hydrogens is 398 g/mol. The fourth-order valence-electron chi connectivity index (χ4n) is 4.70. The van der Waals surface area contributed by atoms with Gasteiger partial charge in [0, 0.05) is 24.1 Å². The first kappa shape index (κ1) is 20.5. The summed E-state index contributed by atoms with van der Waals surface area (Å²) in [7, 11) is 0. The van der Waals surface area contributed by atoms with Crippen molar-refractivity contribution in [2.24, 2.45) is 0 Å². The molecule has 0 radical (unpaired) electrons. The Morgan fingerprint density at radius 2 is 1.69 bits per heavy atom. The Kier molecular flexibility index (Phi) is 5.78. The number of hydrogen-bond donors (Lipinski definition) is 1. The number of ether oxygens (including phenoxy) is 1. The topological polar surface area (TPSA) is 49.8 Å². The van der Waals surface area contributed by atoms with Crippen molar-refractivity contribution in [2.45, 2.75) is 19.3 Å². The molecule has 0 amide bonds. The number of phenols is 1. The van der Waals surface area contributed by atoms with E-state index < -0.39 is 0 Å². The van der Waals surface area contributed by atoms with Crippen LogP contribution >= 0.6 is 0 Å². The van der Waals surface area contributed by atoms with E-state index in [9.17, 15) is 9.90 Å². The van der Waals surface area contributed by atoms with Crippen molar-refractivity contribution in [3.8, 4) is 11.5 Å². The van der Waals surface area contributed by atoms with Crippen LogP contribution in [0.1, 0.15) is 39.9 Å². The number of phenolic OH excluding ortho intramolecular Hbond substituents is 1. The van der Waals surface area contributed by atoms with Gasteiger partial charge >= 0.3 is 0 Å². The van der Waals surface area contributed by atoms with Gasteiger partial charge in [0.2, 0.25) is 0 Å². The van der Waals surface area contributed by atoms with E-state index in [2.05, 4.69) is 4.90 Å². The second-order valence-electron chi connectivity index (χ2n) is 8.49. The van der Waals surface area contributed by atoms with Crippen molar-refractivity contribution in [3.63, 3.8) is 0 Å². The zero-order chi connectivity index (χ0) is 21.9. The van der Waals surface area contributed by atoms with E-state index >= 15 is 0 Å². The van der Waals surface area contributed by atoms with Gasteiger partial charge in [-0.2, -0.15) is 0 Å². The summed E-state index contributed by atoms with van der Waals surface area (Å²) in [6.07, 6.45) is 3.13. The molecule has 162 valence electrons. The zero-order valence-electron chi connectivity index (χ0n) is 18.1. The molecule has 4 heteroatoms. The third-order valence-electron chi connectivity index (χ3n) is 6.36. The van der Waals surface area contributed by atoms with E-state index in [0.717, 1.165) is 40.1 Å². The number of aromatic hydroxyl groups is 1. The van der Waals surface area contributed by atoms with Gasteiger partial charge in [-0.1, -0.05) is 48.5 Å². The molecule has 0 spiro atoms. The molecule has 1 N–H and O–H groups in total. The number of rotatable bonds is 7. The monoisotopic (exact) mass is 425 g/mol. The number of fused-ring (bicyclic) bond motifs is 1. The summed E-state index contributed by atoms with van der Waals surface area (Å²) in [6, 6.07) is 22.7. The molecule has 3 aromatic rings. The van der Waals surface area contributed by atoms with Gasteiger partial charge in [0.05, 0.1) is 0 Å². The lowest BCUT2D eigenvalue weighted by atomic mass is 9.94. The van der Waals surface area contributed by atoms with Gasteiger partial charge in [0.1, 0.15) is 18.1 Å². The third kappa shape index (κ3) is 4.19. The van der Waals surface area contributed by atoms with Crippen LogP contribution in [0.25, 0.3) is 5.57 Å². The number of carbonyl (C=O) groups excluding carboxylic acids is 1. The fourth-order valence-corrected chi connectivity index (χ4v) is 4.70. The normalized spacial score (nSPS) is 15.8. The minimum atomic E-state index is 0.0298. The number of hydrogen-bond acceptors (Lipinski definition) is 4. The maximum atomic E-state index is 13.4. The van der Waals surface area contributed by atoms with Crippen molar-refractivity contribution in [1.29, 1.82) is 0 Å². The standard InChI is InChI=1S/C28H27NO3/c30-23-11-8-22-18-26(28(31)21-6-2-1-3-7-21)27(25(22)19-23)20-9-12-24(13-10-20)32-17-16-29-14-4-5-15-29/h1-3,6-13,19,30H,4-5,14-18H2. The molecule has 0 atom stereocenters. The van der Waals surface area contributed by atoms with Crippen molar-refractivity contribution in [2.75, 3.05) is 26.2 Å². The number of Topliss-reactive ketones (excluding diaryl/α,β-unsaturated/α-hetero) is 1. The summed E-state index contributed by atoms with van der Waals surface area (Å²) in [5, 5.41) is 10.1. The summed E-state index contributed by atoms with van der Waals surface area (Å²) < 4.78 is 5.95. The van der Waals surface area contributed by atoms with Gasteiger partial charge in [0.15, 0.2) is 5.78 Å². The van der Waals surface area contributed by atoms with Crippen LogP contribution in [0.5, 0.6) is 11.5 Å². The summed E-state index contributed by atoms with van der Waals surface area (Å²) in [5.41, 5.74) is 5.28. The molecule has 1 fully saturated rings. The lowest BCUT2D eigenvalue weighted by Crippen LogP contribution is -2.25.